The van der Waals surface area contributed by atoms with Gasteiger partial charge in [-0.2, -0.15) is 18.8 Å². The normalized spacial score (nSPS) is 11.2. The van der Waals surface area contributed by atoms with E-state index in [0.29, 0.717) is 22.5 Å². The molecule has 0 aliphatic heterocycles. The maximum Gasteiger partial charge on any atom is 0.380 e. The molecule has 4 aromatic rings. The van der Waals surface area contributed by atoms with Crippen LogP contribution in [-0.4, -0.2) is 23.1 Å². The van der Waals surface area contributed by atoms with Gasteiger partial charge in [0.25, 0.3) is 0 Å². The van der Waals surface area contributed by atoms with Crippen molar-refractivity contribution in [2.75, 3.05) is 5.43 Å². The highest BCUT2D eigenvalue weighted by Gasteiger charge is 2.11. The Kier molecular flexibility index (Phi) is 4.59. The Labute approximate surface area is 166 Å². The molecule has 0 bridgehead atoms. The number of anilines is 1. The van der Waals surface area contributed by atoms with Crippen LogP contribution in [0.5, 0.6) is 5.75 Å². The van der Waals surface area contributed by atoms with Gasteiger partial charge in [0.05, 0.1) is 16.6 Å². The van der Waals surface area contributed by atoms with Crippen molar-refractivity contribution in [3.8, 4) is 22.9 Å². The summed E-state index contributed by atoms with van der Waals surface area (Å²) < 4.78 is 28.4. The zero-order chi connectivity index (χ0) is 20.4. The summed E-state index contributed by atoms with van der Waals surface area (Å²) in [6.07, 6.45) is 3.11. The first-order valence-corrected chi connectivity index (χ1v) is 9.82. The van der Waals surface area contributed by atoms with Crippen molar-refractivity contribution in [3.63, 3.8) is 0 Å². The summed E-state index contributed by atoms with van der Waals surface area (Å²) in [6, 6.07) is 17.6. The Morgan fingerprint density at radius 3 is 2.59 bits per heavy atom. The lowest BCUT2D eigenvalue weighted by Crippen LogP contribution is -2.18. The molecule has 2 aromatic carbocycles. The second kappa shape index (κ2) is 7.23. The van der Waals surface area contributed by atoms with Gasteiger partial charge in [-0.05, 0) is 35.9 Å². The number of benzene rings is 2. The molecule has 0 amide bonds. The smallest absolute Gasteiger partial charge is 0.371 e. The largest absolute Gasteiger partial charge is 0.380 e. The second-order valence-electron chi connectivity index (χ2n) is 6.04. The van der Waals surface area contributed by atoms with E-state index in [4.69, 9.17) is 5.14 Å². The summed E-state index contributed by atoms with van der Waals surface area (Å²) in [5.41, 5.74) is 6.53. The predicted octanol–water partition coefficient (Wildman–Crippen LogP) is 2.43. The molecule has 29 heavy (non-hydrogen) atoms. The van der Waals surface area contributed by atoms with Crippen LogP contribution in [0, 0.1) is 11.3 Å². The highest BCUT2D eigenvalue weighted by molar-refractivity contribution is 7.84. The van der Waals surface area contributed by atoms with Crippen LogP contribution < -0.4 is 14.7 Å². The summed E-state index contributed by atoms with van der Waals surface area (Å²) in [5, 5.41) is 14.3. The van der Waals surface area contributed by atoms with Gasteiger partial charge in [-0.1, -0.05) is 24.3 Å². The predicted molar refractivity (Wildman–Crippen MR) is 107 cm³/mol. The van der Waals surface area contributed by atoms with E-state index >= 15 is 0 Å². The van der Waals surface area contributed by atoms with Crippen molar-refractivity contribution < 1.29 is 12.6 Å². The Bertz CT molecular complexity index is 1340. The molecule has 3 N–H and O–H groups in total. The first kappa shape index (κ1) is 18.4. The van der Waals surface area contributed by atoms with E-state index in [2.05, 4.69) is 25.6 Å². The molecule has 4 rings (SSSR count). The fraction of sp³-hybridized carbons (Fsp3) is 0. The first-order valence-electron chi connectivity index (χ1n) is 8.35. The number of pyridine rings is 1. The third-order valence-corrected chi connectivity index (χ3v) is 4.52. The van der Waals surface area contributed by atoms with E-state index in [1.165, 1.54) is 18.3 Å². The fourth-order valence-corrected chi connectivity index (χ4v) is 3.22. The number of rotatable bonds is 5. The third-order valence-electron chi connectivity index (χ3n) is 4.09. The topological polar surface area (TPSA) is 136 Å². The lowest BCUT2D eigenvalue weighted by molar-refractivity contribution is 0.488. The summed E-state index contributed by atoms with van der Waals surface area (Å²) >= 11 is 0. The molecule has 0 atom stereocenters. The molecular weight excluding hydrogens is 392 g/mol. The molecule has 0 radical (unpaired) electrons. The summed E-state index contributed by atoms with van der Waals surface area (Å²) in [5.74, 6) is 0.582. The summed E-state index contributed by atoms with van der Waals surface area (Å²) in [6.45, 7) is 0. The van der Waals surface area contributed by atoms with Gasteiger partial charge in [-0.3, -0.25) is 5.43 Å². The van der Waals surface area contributed by atoms with Gasteiger partial charge in [0.15, 0.2) is 0 Å². The lowest BCUT2D eigenvalue weighted by atomic mass is 10.0. The standard InChI is InChI=1S/C19H14N6O3S/c20-10-14-11-22-19(24-25-12-23-17-3-1-2-4-18(17)25)9-16(14)13-5-7-15(8-6-13)28-29(21,26)27/h1-9,11-12H,(H,22,24)(H2,21,26,27). The molecule has 0 saturated heterocycles. The Balaban J connectivity index is 1.68. The Hall–Kier alpha value is -3.94. The van der Waals surface area contributed by atoms with Crippen LogP contribution in [0.25, 0.3) is 22.2 Å². The van der Waals surface area contributed by atoms with E-state index in [1.807, 2.05) is 24.3 Å². The van der Waals surface area contributed by atoms with Gasteiger partial charge >= 0.3 is 10.3 Å². The van der Waals surface area contributed by atoms with E-state index in [9.17, 15) is 13.7 Å². The van der Waals surface area contributed by atoms with E-state index in [1.54, 1.807) is 29.2 Å². The van der Waals surface area contributed by atoms with E-state index in [-0.39, 0.29) is 5.75 Å². The van der Waals surface area contributed by atoms with Crippen LogP contribution in [0.4, 0.5) is 5.82 Å². The van der Waals surface area contributed by atoms with Crippen molar-refractivity contribution in [3.05, 3.63) is 72.7 Å². The van der Waals surface area contributed by atoms with Gasteiger partial charge in [0.1, 0.15) is 24.0 Å². The Morgan fingerprint density at radius 1 is 1.10 bits per heavy atom. The minimum Gasteiger partial charge on any atom is -0.371 e. The third kappa shape index (κ3) is 4.01. The van der Waals surface area contributed by atoms with Crippen molar-refractivity contribution in [1.82, 2.24) is 14.6 Å². The fourth-order valence-electron chi connectivity index (χ4n) is 2.84. The molecule has 2 heterocycles. The number of nitrogens with one attached hydrogen (secondary N) is 1. The number of hydrogen-bond donors (Lipinski definition) is 2. The first-order chi connectivity index (χ1) is 13.9. The average Bonchev–Trinajstić information content (AvgIpc) is 3.10. The number of fused-ring (bicyclic) bond motifs is 1. The van der Waals surface area contributed by atoms with Gasteiger partial charge in [-0.25, -0.2) is 14.6 Å². The number of nitrogens with two attached hydrogens (primary N) is 1. The molecule has 0 aliphatic rings. The number of aromatic nitrogens is 3. The highest BCUT2D eigenvalue weighted by atomic mass is 32.2. The van der Waals surface area contributed by atoms with E-state index in [0.717, 1.165) is 11.0 Å². The van der Waals surface area contributed by atoms with Crippen LogP contribution in [0.3, 0.4) is 0 Å². The van der Waals surface area contributed by atoms with Crippen molar-refractivity contribution in [2.45, 2.75) is 0 Å². The molecule has 0 fully saturated rings. The average molecular weight is 406 g/mol. The molecule has 9 nitrogen and oxygen atoms in total. The van der Waals surface area contributed by atoms with Crippen LogP contribution in [0.1, 0.15) is 5.56 Å². The monoisotopic (exact) mass is 406 g/mol. The SMILES string of the molecule is N#Cc1cnc(Nn2cnc3ccccc32)cc1-c1ccc(OS(N)(=O)=O)cc1. The van der Waals surface area contributed by atoms with Gasteiger partial charge in [0, 0.05) is 11.8 Å². The van der Waals surface area contributed by atoms with Crippen molar-refractivity contribution in [2.24, 2.45) is 5.14 Å². The molecule has 0 unspecified atom stereocenters. The van der Waals surface area contributed by atoms with Crippen LogP contribution >= 0.6 is 0 Å². The molecule has 0 saturated carbocycles. The number of para-hydroxylation sites is 2. The zero-order valence-corrected chi connectivity index (χ0v) is 15.7. The minimum atomic E-state index is -4.10. The van der Waals surface area contributed by atoms with Gasteiger partial charge in [-0.15, -0.1) is 0 Å². The van der Waals surface area contributed by atoms with Crippen molar-refractivity contribution in [1.29, 1.82) is 5.26 Å². The second-order valence-corrected chi connectivity index (χ2v) is 7.19. The molecule has 0 spiro atoms. The van der Waals surface area contributed by atoms with Crippen LogP contribution in [0.2, 0.25) is 0 Å². The number of nitrogens with zero attached hydrogens (tertiary/aromatic N) is 4. The molecule has 2 aromatic heterocycles. The van der Waals surface area contributed by atoms with E-state index < -0.39 is 10.3 Å². The quantitative estimate of drug-likeness (QED) is 0.519. The highest BCUT2D eigenvalue weighted by Crippen LogP contribution is 2.27. The number of nitriles is 1. The maximum absolute atomic E-state index is 11.0. The maximum atomic E-state index is 11.0. The Morgan fingerprint density at radius 2 is 1.86 bits per heavy atom. The molecule has 10 heteroatoms. The number of imidazole rings is 1. The van der Waals surface area contributed by atoms with Crippen LogP contribution in [-0.2, 0) is 10.3 Å². The summed E-state index contributed by atoms with van der Waals surface area (Å²) in [7, 11) is -4.10. The minimum absolute atomic E-state index is 0.0760. The van der Waals surface area contributed by atoms with Gasteiger partial charge < -0.3 is 4.18 Å². The van der Waals surface area contributed by atoms with Crippen molar-refractivity contribution >= 4 is 27.2 Å². The molecular formula is C19H14N6O3S. The van der Waals surface area contributed by atoms with Gasteiger partial charge in [0.2, 0.25) is 0 Å². The zero-order valence-electron chi connectivity index (χ0n) is 14.9. The lowest BCUT2D eigenvalue weighted by Gasteiger charge is -2.11. The molecule has 0 aliphatic carbocycles. The molecule has 144 valence electrons. The summed E-state index contributed by atoms with van der Waals surface area (Å²) in [4.78, 5) is 8.60. The van der Waals surface area contributed by atoms with Crippen LogP contribution in [0.15, 0.2) is 67.1 Å². The number of hydrogen-bond acceptors (Lipinski definition) is 7.